The lowest BCUT2D eigenvalue weighted by molar-refractivity contribution is -0.124. The maximum absolute atomic E-state index is 15.0. The van der Waals surface area contributed by atoms with Crippen LogP contribution < -0.4 is 21.0 Å². The van der Waals surface area contributed by atoms with E-state index in [0.29, 0.717) is 37.4 Å². The molecule has 2 aliphatic rings. The van der Waals surface area contributed by atoms with Crippen LogP contribution in [0.15, 0.2) is 23.1 Å². The van der Waals surface area contributed by atoms with Gasteiger partial charge in [0.15, 0.2) is 6.61 Å². The third kappa shape index (κ3) is 5.76. The smallest absolute Gasteiger partial charge is 0.356 e. The molecule has 1 aromatic carbocycles. The van der Waals surface area contributed by atoms with E-state index in [-0.39, 0.29) is 11.4 Å². The highest BCUT2D eigenvalue weighted by molar-refractivity contribution is 7.67. The first-order valence-electron chi connectivity index (χ1n) is 11.0. The lowest BCUT2D eigenvalue weighted by Crippen LogP contribution is -2.43. The number of esters is 1. The molecule has 2 aromatic rings. The van der Waals surface area contributed by atoms with Crippen molar-refractivity contribution < 1.29 is 42.9 Å². The molecule has 16 heteroatoms. The van der Waals surface area contributed by atoms with E-state index in [4.69, 9.17) is 24.3 Å². The van der Waals surface area contributed by atoms with Gasteiger partial charge in [-0.15, -0.1) is 0 Å². The summed E-state index contributed by atoms with van der Waals surface area (Å²) in [7, 11) is -8.32. The standard InChI is InChI=1S/C20H25FN4O9P2/c21-14-7-12-15(8-16(14)24-5-3-22-4-6-24)25(11-1-2-11)9-13(18(12)27)19(28)34-10-17(26)23-20(35(29)30)36(31,32)33/h7-9,11,20,22,29-30H,1-6,10H2,(H,23,26)(H2,31,32,33). The number of carbonyl (C=O) groups excluding carboxylic acids is 2. The number of carbonyl (C=O) groups is 2. The van der Waals surface area contributed by atoms with E-state index in [0.717, 1.165) is 18.9 Å². The summed E-state index contributed by atoms with van der Waals surface area (Å²) in [5, 5.41) is 4.87. The van der Waals surface area contributed by atoms with Crippen LogP contribution in [0.4, 0.5) is 10.1 Å². The van der Waals surface area contributed by atoms with E-state index in [1.807, 2.05) is 4.90 Å². The lowest BCUT2D eigenvalue weighted by Gasteiger charge is -2.30. The van der Waals surface area contributed by atoms with E-state index < -0.39 is 56.8 Å². The van der Waals surface area contributed by atoms with Gasteiger partial charge in [-0.25, -0.2) is 9.18 Å². The third-order valence-corrected chi connectivity index (χ3v) is 8.74. The van der Waals surface area contributed by atoms with Gasteiger partial charge in [0.1, 0.15) is 11.4 Å². The molecule has 1 saturated carbocycles. The van der Waals surface area contributed by atoms with E-state index >= 15 is 4.39 Å². The minimum Gasteiger partial charge on any atom is -0.452 e. The van der Waals surface area contributed by atoms with Crippen LogP contribution in [0.3, 0.4) is 0 Å². The van der Waals surface area contributed by atoms with Crippen LogP contribution in [0.1, 0.15) is 29.2 Å². The molecule has 1 atom stereocenters. The monoisotopic (exact) mass is 546 g/mol. The Labute approximate surface area is 204 Å². The van der Waals surface area contributed by atoms with Crippen LogP contribution in [0.25, 0.3) is 10.9 Å². The molecule has 2 fully saturated rings. The SMILES string of the molecule is O=C(COC(=O)c1cn(C2CC2)c2cc(N3CCNCC3)c(F)cc2c1=O)NC(P(O)O)P(=O)(O)O. The summed E-state index contributed by atoms with van der Waals surface area (Å²) in [6.45, 7) is 1.53. The van der Waals surface area contributed by atoms with Crippen molar-refractivity contribution in [3.05, 3.63) is 39.9 Å². The Kier molecular flexibility index (Phi) is 7.77. The normalized spacial score (nSPS) is 17.3. The minimum atomic E-state index is -5.10. The summed E-state index contributed by atoms with van der Waals surface area (Å²) in [6, 6.07) is 2.69. The van der Waals surface area contributed by atoms with Crippen molar-refractivity contribution in [1.29, 1.82) is 0 Å². The molecule has 1 aromatic heterocycles. The number of fused-ring (bicyclic) bond motifs is 1. The number of pyridine rings is 1. The number of rotatable bonds is 8. The van der Waals surface area contributed by atoms with E-state index in [2.05, 4.69) is 5.32 Å². The number of nitrogens with zero attached hydrogens (tertiary/aromatic N) is 2. The first-order valence-corrected chi connectivity index (χ1v) is 14.0. The number of halogens is 1. The summed E-state index contributed by atoms with van der Waals surface area (Å²) in [6.07, 6.45) is 2.90. The van der Waals surface area contributed by atoms with Crippen molar-refractivity contribution in [1.82, 2.24) is 15.2 Å². The number of amides is 1. The summed E-state index contributed by atoms with van der Waals surface area (Å²) < 4.78 is 32.9. The van der Waals surface area contributed by atoms with Crippen molar-refractivity contribution in [2.24, 2.45) is 0 Å². The van der Waals surface area contributed by atoms with Crippen molar-refractivity contribution in [2.45, 2.75) is 24.4 Å². The van der Waals surface area contributed by atoms with Crippen LogP contribution in [0.2, 0.25) is 0 Å². The molecule has 4 rings (SSSR count). The second kappa shape index (κ2) is 10.5. The molecule has 2 heterocycles. The van der Waals surface area contributed by atoms with Gasteiger partial charge in [0, 0.05) is 43.8 Å². The molecule has 0 radical (unpaired) electrons. The maximum atomic E-state index is 15.0. The number of piperazine rings is 1. The fourth-order valence-electron chi connectivity index (χ4n) is 3.98. The van der Waals surface area contributed by atoms with Crippen molar-refractivity contribution >= 4 is 44.4 Å². The van der Waals surface area contributed by atoms with Crippen LogP contribution in [0.5, 0.6) is 0 Å². The van der Waals surface area contributed by atoms with Crippen LogP contribution in [-0.4, -0.2) is 74.3 Å². The van der Waals surface area contributed by atoms with E-state index in [9.17, 15) is 18.9 Å². The number of nitrogens with one attached hydrogen (secondary N) is 2. The first kappa shape index (κ1) is 26.6. The van der Waals surface area contributed by atoms with Crippen LogP contribution in [-0.2, 0) is 14.1 Å². The zero-order chi connectivity index (χ0) is 26.2. The number of anilines is 1. The first-order chi connectivity index (χ1) is 17.0. The molecule has 1 amide bonds. The van der Waals surface area contributed by atoms with E-state index in [1.165, 1.54) is 6.20 Å². The highest BCUT2D eigenvalue weighted by atomic mass is 31.2. The van der Waals surface area contributed by atoms with Crippen molar-refractivity contribution in [3.8, 4) is 0 Å². The van der Waals surface area contributed by atoms with E-state index in [1.54, 1.807) is 16.0 Å². The molecular weight excluding hydrogens is 521 g/mol. The Balaban J connectivity index is 1.59. The molecule has 1 unspecified atom stereocenters. The fraction of sp³-hybridized carbons (Fsp3) is 0.450. The average molecular weight is 546 g/mol. The molecule has 1 aliphatic heterocycles. The van der Waals surface area contributed by atoms with Gasteiger partial charge in [0.05, 0.1) is 11.2 Å². The quantitative estimate of drug-likeness (QED) is 0.192. The molecule has 1 aliphatic carbocycles. The lowest BCUT2D eigenvalue weighted by atomic mass is 10.1. The molecule has 6 N–H and O–H groups in total. The second-order valence-corrected chi connectivity index (χ2v) is 11.8. The predicted molar refractivity (Wildman–Crippen MR) is 127 cm³/mol. The highest BCUT2D eigenvalue weighted by Gasteiger charge is 2.37. The number of hydrogen-bond acceptors (Lipinski definition) is 9. The molecule has 196 valence electrons. The van der Waals surface area contributed by atoms with Gasteiger partial charge in [-0.2, -0.15) is 0 Å². The minimum absolute atomic E-state index is 0.00153. The fourth-order valence-corrected chi connectivity index (χ4v) is 5.63. The average Bonchev–Trinajstić information content (AvgIpc) is 3.66. The van der Waals surface area contributed by atoms with Crippen LogP contribution in [0, 0.1) is 5.82 Å². The number of aromatic nitrogens is 1. The molecule has 0 bridgehead atoms. The zero-order valence-electron chi connectivity index (χ0n) is 18.8. The van der Waals surface area contributed by atoms with Gasteiger partial charge >= 0.3 is 13.6 Å². The van der Waals surface area contributed by atoms with Gasteiger partial charge < -0.3 is 44.4 Å². The summed E-state index contributed by atoms with van der Waals surface area (Å²) in [4.78, 5) is 76.0. The highest BCUT2D eigenvalue weighted by Crippen LogP contribution is 2.53. The molecule has 0 spiro atoms. The number of hydrogen-bond donors (Lipinski definition) is 6. The Hall–Kier alpha value is -2.44. The van der Waals surface area contributed by atoms with Gasteiger partial charge in [-0.1, -0.05) is 0 Å². The predicted octanol–water partition coefficient (Wildman–Crippen LogP) is -0.0841. The molecule has 1 saturated heterocycles. The largest absolute Gasteiger partial charge is 0.452 e. The Morgan fingerprint density at radius 3 is 2.50 bits per heavy atom. The van der Waals surface area contributed by atoms with Gasteiger partial charge in [0.25, 0.3) is 5.91 Å². The topological polar surface area (TPSA) is 191 Å². The molecule has 36 heavy (non-hydrogen) atoms. The second-order valence-electron chi connectivity index (χ2n) is 8.49. The third-order valence-electron chi connectivity index (χ3n) is 5.88. The summed E-state index contributed by atoms with van der Waals surface area (Å²) in [5.41, 5.74) is -2.66. The van der Waals surface area contributed by atoms with Crippen molar-refractivity contribution in [3.63, 3.8) is 0 Å². The number of ether oxygens (including phenoxy) is 1. The Bertz CT molecular complexity index is 1290. The summed E-state index contributed by atoms with van der Waals surface area (Å²) in [5.74, 6) is -3.02. The summed E-state index contributed by atoms with van der Waals surface area (Å²) >= 11 is 0. The Morgan fingerprint density at radius 1 is 1.25 bits per heavy atom. The van der Waals surface area contributed by atoms with Gasteiger partial charge in [-0.3, -0.25) is 14.2 Å². The number of benzene rings is 1. The van der Waals surface area contributed by atoms with Gasteiger partial charge in [-0.05, 0) is 25.0 Å². The zero-order valence-corrected chi connectivity index (χ0v) is 20.6. The van der Waals surface area contributed by atoms with Crippen LogP contribution >= 0.6 is 16.0 Å². The molecule has 13 nitrogen and oxygen atoms in total. The van der Waals surface area contributed by atoms with Crippen molar-refractivity contribution in [2.75, 3.05) is 37.7 Å². The molecular formula is C20H25FN4O9P2. The maximum Gasteiger partial charge on any atom is 0.356 e. The van der Waals surface area contributed by atoms with Gasteiger partial charge in [0.2, 0.25) is 19.3 Å². The Morgan fingerprint density at radius 2 is 1.92 bits per heavy atom.